The van der Waals surface area contributed by atoms with E-state index in [-0.39, 0.29) is 6.10 Å². The second kappa shape index (κ2) is 9.68. The zero-order chi connectivity index (χ0) is 22.1. The van der Waals surface area contributed by atoms with E-state index in [2.05, 4.69) is 60.6 Å². The number of allylic oxidation sites excluding steroid dienone is 2. The quantitative estimate of drug-likeness (QED) is 0.414. The van der Waals surface area contributed by atoms with E-state index in [0.29, 0.717) is 22.7 Å². The van der Waals surface area contributed by atoms with Crippen molar-refractivity contribution in [2.45, 2.75) is 119 Å². The van der Waals surface area contributed by atoms with Crippen molar-refractivity contribution in [2.75, 3.05) is 0 Å². The van der Waals surface area contributed by atoms with Crippen LogP contribution in [0.5, 0.6) is 0 Å². The highest BCUT2D eigenvalue weighted by Crippen LogP contribution is 2.63. The number of rotatable bonds is 7. The van der Waals surface area contributed by atoms with Gasteiger partial charge in [-0.25, -0.2) is 0 Å². The van der Waals surface area contributed by atoms with Gasteiger partial charge in [0, 0.05) is 0 Å². The first-order valence-electron chi connectivity index (χ1n) is 13.4. The summed E-state index contributed by atoms with van der Waals surface area (Å²) in [4.78, 5) is 0. The Morgan fingerprint density at radius 2 is 1.67 bits per heavy atom. The number of aliphatic hydroxyl groups excluding tert-OH is 1. The Morgan fingerprint density at radius 1 is 0.933 bits per heavy atom. The molecule has 3 aliphatic carbocycles. The molecule has 0 saturated heterocycles. The highest BCUT2D eigenvalue weighted by atomic mass is 16.3. The Balaban J connectivity index is 1.61. The van der Waals surface area contributed by atoms with E-state index >= 15 is 0 Å². The Hall–Kier alpha value is -0.300. The fourth-order valence-corrected chi connectivity index (χ4v) is 7.68. The molecule has 0 heterocycles. The predicted octanol–water partition coefficient (Wildman–Crippen LogP) is 8.27. The maximum absolute atomic E-state index is 10.3. The first-order chi connectivity index (χ1) is 14.0. The summed E-state index contributed by atoms with van der Waals surface area (Å²) in [6.07, 6.45) is 18.1. The molecular formula is C29H52O. The lowest BCUT2D eigenvalue weighted by Gasteiger charge is -2.61. The van der Waals surface area contributed by atoms with E-state index in [0.717, 1.165) is 42.4 Å². The zero-order valence-electron chi connectivity index (χ0n) is 21.3. The van der Waals surface area contributed by atoms with Crippen LogP contribution in [0.15, 0.2) is 12.2 Å². The maximum atomic E-state index is 10.3. The molecule has 3 fully saturated rings. The van der Waals surface area contributed by atoms with Crippen LogP contribution in [0.25, 0.3) is 0 Å². The molecule has 0 radical (unpaired) electrons. The monoisotopic (exact) mass is 416 g/mol. The Labute approximate surface area is 188 Å². The smallest absolute Gasteiger partial charge is 0.0543 e. The molecule has 1 nitrogen and oxygen atoms in total. The van der Waals surface area contributed by atoms with Gasteiger partial charge in [0.2, 0.25) is 0 Å². The summed E-state index contributed by atoms with van der Waals surface area (Å²) in [6.45, 7) is 17.2. The van der Waals surface area contributed by atoms with Crippen molar-refractivity contribution in [1.29, 1.82) is 0 Å². The normalized spacial score (nSPS) is 40.8. The number of hydrogen-bond acceptors (Lipinski definition) is 1. The second-order valence-electron chi connectivity index (χ2n) is 13.0. The van der Waals surface area contributed by atoms with Crippen LogP contribution in [0.1, 0.15) is 113 Å². The molecule has 30 heavy (non-hydrogen) atoms. The molecular weight excluding hydrogens is 364 g/mol. The van der Waals surface area contributed by atoms with Crippen molar-refractivity contribution in [3.63, 3.8) is 0 Å². The van der Waals surface area contributed by atoms with E-state index in [1.807, 2.05) is 0 Å². The van der Waals surface area contributed by atoms with Crippen LogP contribution in [0.4, 0.5) is 0 Å². The van der Waals surface area contributed by atoms with Gasteiger partial charge in [0.15, 0.2) is 0 Å². The van der Waals surface area contributed by atoms with Gasteiger partial charge in [-0.15, -0.1) is 0 Å². The van der Waals surface area contributed by atoms with E-state index in [9.17, 15) is 5.11 Å². The number of hydrogen-bond donors (Lipinski definition) is 1. The van der Waals surface area contributed by atoms with Crippen molar-refractivity contribution >= 4 is 0 Å². The summed E-state index contributed by atoms with van der Waals surface area (Å²) in [5.74, 6) is 5.65. The molecule has 1 N–H and O–H groups in total. The third-order valence-electron chi connectivity index (χ3n) is 10.3. The van der Waals surface area contributed by atoms with Gasteiger partial charge in [-0.3, -0.25) is 0 Å². The summed E-state index contributed by atoms with van der Waals surface area (Å²) in [5.41, 5.74) is 1.00. The standard InChI is InChI=1S/C29H52O/c1-20(2)22(4)12-11-21(3)9-8-10-26-25-14-13-23-19-24(30)15-18-29(23,7)27(25)16-17-28(26,5)6/h11-12,20-27,30H,8-10,13-19H2,1-7H3/b12-11+/t21-,22-,23?,24-,25?,26?,27?,29-/m0/s1. The third kappa shape index (κ3) is 5.19. The molecule has 0 spiro atoms. The molecule has 4 unspecified atom stereocenters. The third-order valence-corrected chi connectivity index (χ3v) is 10.3. The minimum absolute atomic E-state index is 0.0246. The summed E-state index contributed by atoms with van der Waals surface area (Å²) < 4.78 is 0. The van der Waals surface area contributed by atoms with Gasteiger partial charge >= 0.3 is 0 Å². The Bertz CT molecular complexity index is 575. The Morgan fingerprint density at radius 3 is 2.37 bits per heavy atom. The van der Waals surface area contributed by atoms with Crippen LogP contribution < -0.4 is 0 Å². The van der Waals surface area contributed by atoms with Gasteiger partial charge in [-0.1, -0.05) is 67.0 Å². The van der Waals surface area contributed by atoms with Crippen LogP contribution in [0.3, 0.4) is 0 Å². The molecule has 0 aromatic heterocycles. The molecule has 1 heteroatoms. The molecule has 0 aromatic carbocycles. The molecule has 0 amide bonds. The van der Waals surface area contributed by atoms with Crippen molar-refractivity contribution in [3.8, 4) is 0 Å². The average Bonchev–Trinajstić information content (AvgIpc) is 2.67. The lowest BCUT2D eigenvalue weighted by Crippen LogP contribution is -2.53. The topological polar surface area (TPSA) is 20.2 Å². The molecule has 174 valence electrons. The summed E-state index contributed by atoms with van der Waals surface area (Å²) in [5, 5.41) is 10.3. The molecule has 0 aromatic rings. The minimum atomic E-state index is -0.0246. The zero-order valence-corrected chi connectivity index (χ0v) is 21.3. The molecule has 8 atom stereocenters. The van der Waals surface area contributed by atoms with E-state index in [1.165, 1.54) is 51.4 Å². The van der Waals surface area contributed by atoms with Gasteiger partial charge < -0.3 is 5.11 Å². The fraction of sp³-hybridized carbons (Fsp3) is 0.931. The van der Waals surface area contributed by atoms with Crippen molar-refractivity contribution < 1.29 is 5.11 Å². The molecule has 0 bridgehead atoms. The molecule has 3 rings (SSSR count). The molecule has 3 aliphatic rings. The predicted molar refractivity (Wildman–Crippen MR) is 130 cm³/mol. The van der Waals surface area contributed by atoms with Crippen LogP contribution >= 0.6 is 0 Å². The summed E-state index contributed by atoms with van der Waals surface area (Å²) >= 11 is 0. The average molecular weight is 417 g/mol. The summed E-state index contributed by atoms with van der Waals surface area (Å²) in [7, 11) is 0. The van der Waals surface area contributed by atoms with Gasteiger partial charge in [-0.2, -0.15) is 0 Å². The second-order valence-corrected chi connectivity index (χ2v) is 13.0. The number of fused-ring (bicyclic) bond motifs is 3. The van der Waals surface area contributed by atoms with Gasteiger partial charge in [0.1, 0.15) is 0 Å². The first-order valence-corrected chi connectivity index (χ1v) is 13.4. The van der Waals surface area contributed by atoms with Crippen LogP contribution in [-0.4, -0.2) is 11.2 Å². The van der Waals surface area contributed by atoms with Gasteiger partial charge in [-0.05, 0) is 110 Å². The fourth-order valence-electron chi connectivity index (χ4n) is 7.68. The van der Waals surface area contributed by atoms with Crippen molar-refractivity contribution in [1.82, 2.24) is 0 Å². The lowest BCUT2D eigenvalue weighted by atomic mass is 9.44. The van der Waals surface area contributed by atoms with Gasteiger partial charge in [0.05, 0.1) is 6.10 Å². The van der Waals surface area contributed by atoms with Crippen LogP contribution in [0, 0.1) is 52.3 Å². The maximum Gasteiger partial charge on any atom is 0.0543 e. The minimum Gasteiger partial charge on any atom is -0.393 e. The van der Waals surface area contributed by atoms with Crippen molar-refractivity contribution in [2.24, 2.45) is 52.3 Å². The van der Waals surface area contributed by atoms with E-state index in [4.69, 9.17) is 0 Å². The van der Waals surface area contributed by atoms with E-state index < -0.39 is 0 Å². The molecule has 3 saturated carbocycles. The molecule has 0 aliphatic heterocycles. The summed E-state index contributed by atoms with van der Waals surface area (Å²) in [6, 6.07) is 0. The number of aliphatic hydroxyl groups is 1. The largest absolute Gasteiger partial charge is 0.393 e. The van der Waals surface area contributed by atoms with Gasteiger partial charge in [0.25, 0.3) is 0 Å². The lowest BCUT2D eigenvalue weighted by molar-refractivity contribution is -0.126. The Kier molecular flexibility index (Phi) is 7.85. The first kappa shape index (κ1) is 24.3. The SMILES string of the molecule is CC(C)[C@@H](C)/C=C/[C@@H](C)CCCC1C2CCC3C[C@@H](O)CC[C@]3(C)C2CCC1(C)C. The van der Waals surface area contributed by atoms with E-state index in [1.54, 1.807) is 0 Å². The van der Waals surface area contributed by atoms with Crippen LogP contribution in [0.2, 0.25) is 0 Å². The van der Waals surface area contributed by atoms with Crippen LogP contribution in [-0.2, 0) is 0 Å². The van der Waals surface area contributed by atoms with Crippen molar-refractivity contribution in [3.05, 3.63) is 12.2 Å². The highest BCUT2D eigenvalue weighted by Gasteiger charge is 2.55. The highest BCUT2D eigenvalue weighted by molar-refractivity contribution is 5.05.